The largest absolute Gasteiger partial charge is 0.309 e. The van der Waals surface area contributed by atoms with Crippen LogP contribution >= 0.6 is 51.3 Å². The number of para-hydroxylation sites is 1. The molecule has 144 valence electrons. The number of amides is 1. The van der Waals surface area contributed by atoms with E-state index < -0.39 is 0 Å². The van der Waals surface area contributed by atoms with Gasteiger partial charge in [-0.2, -0.15) is 0 Å². The van der Waals surface area contributed by atoms with Gasteiger partial charge in [0.1, 0.15) is 5.52 Å². The number of hydrogen-bond donors (Lipinski definition) is 0. The predicted octanol–water partition coefficient (Wildman–Crippen LogP) is 5.73. The monoisotopic (exact) mass is 487 g/mol. The number of anilines is 1. The Balaban J connectivity index is 0.00000261. The number of halogens is 3. The number of hydrogen-bond acceptors (Lipinski definition) is 4. The van der Waals surface area contributed by atoms with Crippen molar-refractivity contribution in [2.24, 2.45) is 0 Å². The molecule has 4 nitrogen and oxygen atoms in total. The molecule has 0 fully saturated rings. The van der Waals surface area contributed by atoms with Gasteiger partial charge >= 0.3 is 0 Å². The standard InChI is InChI=1S/C19H19BrClN3OS.ClH/c1-23(2)11-4-12-24(18(25)13-7-9-14(20)10-8-13)19-22-17-15(21)5-3-6-16(17)26-19;/h3,5-10H,4,11-12H2,1-2H3;1H. The third-order valence-corrected chi connectivity index (χ3v) is 5.79. The smallest absolute Gasteiger partial charge is 0.260 e. The van der Waals surface area contributed by atoms with Crippen molar-refractivity contribution in [3.05, 3.63) is 57.5 Å². The molecular weight excluding hydrogens is 469 g/mol. The Bertz CT molecular complexity index is 915. The zero-order chi connectivity index (χ0) is 18.7. The molecule has 1 amide bonds. The van der Waals surface area contributed by atoms with E-state index in [4.69, 9.17) is 11.6 Å². The van der Waals surface area contributed by atoms with E-state index in [0.29, 0.717) is 22.3 Å². The third-order valence-electron chi connectivity index (χ3n) is 3.91. The summed E-state index contributed by atoms with van der Waals surface area (Å²) < 4.78 is 1.92. The summed E-state index contributed by atoms with van der Waals surface area (Å²) in [6.45, 7) is 1.50. The summed E-state index contributed by atoms with van der Waals surface area (Å²) in [6, 6.07) is 13.1. The van der Waals surface area contributed by atoms with E-state index in [1.54, 1.807) is 4.90 Å². The highest BCUT2D eigenvalue weighted by Gasteiger charge is 2.21. The summed E-state index contributed by atoms with van der Waals surface area (Å²) in [7, 11) is 4.05. The van der Waals surface area contributed by atoms with Gasteiger partial charge in [0.25, 0.3) is 5.91 Å². The van der Waals surface area contributed by atoms with Crippen molar-refractivity contribution in [3.63, 3.8) is 0 Å². The SMILES string of the molecule is CN(C)CCCN(C(=O)c1ccc(Br)cc1)c1nc2c(Cl)cccc2s1.Cl. The van der Waals surface area contributed by atoms with Crippen molar-refractivity contribution in [1.29, 1.82) is 0 Å². The highest BCUT2D eigenvalue weighted by Crippen LogP contribution is 2.33. The van der Waals surface area contributed by atoms with E-state index in [1.165, 1.54) is 11.3 Å². The lowest BCUT2D eigenvalue weighted by atomic mass is 10.2. The molecule has 0 aliphatic rings. The van der Waals surface area contributed by atoms with Crippen molar-refractivity contribution in [3.8, 4) is 0 Å². The fraction of sp³-hybridized carbons (Fsp3) is 0.263. The van der Waals surface area contributed by atoms with Crippen LogP contribution in [0.4, 0.5) is 5.13 Å². The second-order valence-corrected chi connectivity index (χ2v) is 8.54. The molecule has 3 aromatic rings. The van der Waals surface area contributed by atoms with E-state index in [0.717, 1.165) is 27.7 Å². The van der Waals surface area contributed by atoms with Gasteiger partial charge in [-0.15, -0.1) is 12.4 Å². The lowest BCUT2D eigenvalue weighted by Gasteiger charge is -2.21. The summed E-state index contributed by atoms with van der Waals surface area (Å²) in [4.78, 5) is 21.6. The van der Waals surface area contributed by atoms with Crippen LogP contribution in [0.5, 0.6) is 0 Å². The molecule has 0 spiro atoms. The highest BCUT2D eigenvalue weighted by atomic mass is 79.9. The molecule has 2 aromatic carbocycles. The zero-order valence-corrected chi connectivity index (χ0v) is 19.0. The fourth-order valence-corrected chi connectivity index (χ4v) is 4.15. The van der Waals surface area contributed by atoms with Gasteiger partial charge in [-0.25, -0.2) is 4.98 Å². The molecule has 0 bridgehead atoms. The number of rotatable bonds is 6. The molecule has 0 aliphatic heterocycles. The number of benzene rings is 2. The average Bonchev–Trinajstić information content (AvgIpc) is 3.04. The minimum atomic E-state index is -0.0496. The van der Waals surface area contributed by atoms with E-state index in [2.05, 4.69) is 25.8 Å². The van der Waals surface area contributed by atoms with Crippen LogP contribution in [-0.4, -0.2) is 43.0 Å². The van der Waals surface area contributed by atoms with Crippen molar-refractivity contribution in [2.45, 2.75) is 6.42 Å². The molecule has 0 saturated heterocycles. The maximum atomic E-state index is 13.1. The molecule has 1 aromatic heterocycles. The Hall–Kier alpha value is -1.18. The molecule has 3 rings (SSSR count). The predicted molar refractivity (Wildman–Crippen MR) is 121 cm³/mol. The Labute approximate surface area is 182 Å². The second-order valence-electron chi connectivity index (χ2n) is 6.20. The van der Waals surface area contributed by atoms with Crippen LogP contribution in [0, 0.1) is 0 Å². The number of nitrogens with zero attached hydrogens (tertiary/aromatic N) is 3. The van der Waals surface area contributed by atoms with Gasteiger partial charge in [-0.05, 0) is 63.5 Å². The van der Waals surface area contributed by atoms with Crippen molar-refractivity contribution >= 4 is 72.5 Å². The van der Waals surface area contributed by atoms with Crippen LogP contribution in [-0.2, 0) is 0 Å². The van der Waals surface area contributed by atoms with Crippen LogP contribution < -0.4 is 4.90 Å². The minimum absolute atomic E-state index is 0. The lowest BCUT2D eigenvalue weighted by molar-refractivity contribution is 0.0986. The van der Waals surface area contributed by atoms with E-state index >= 15 is 0 Å². The zero-order valence-electron chi connectivity index (χ0n) is 15.0. The Morgan fingerprint density at radius 2 is 1.85 bits per heavy atom. The van der Waals surface area contributed by atoms with Gasteiger partial charge in [-0.1, -0.05) is 44.9 Å². The van der Waals surface area contributed by atoms with E-state index in [1.807, 2.05) is 56.6 Å². The first-order valence-corrected chi connectivity index (χ1v) is 10.2. The van der Waals surface area contributed by atoms with Gasteiger partial charge in [0.05, 0.1) is 9.72 Å². The maximum Gasteiger partial charge on any atom is 0.260 e. The van der Waals surface area contributed by atoms with Gasteiger partial charge in [-0.3, -0.25) is 9.69 Å². The quantitative estimate of drug-likeness (QED) is 0.444. The van der Waals surface area contributed by atoms with Gasteiger partial charge in [0, 0.05) is 16.6 Å². The first-order valence-electron chi connectivity index (χ1n) is 8.23. The highest BCUT2D eigenvalue weighted by molar-refractivity contribution is 9.10. The topological polar surface area (TPSA) is 36.4 Å². The van der Waals surface area contributed by atoms with Gasteiger partial charge in [0.15, 0.2) is 5.13 Å². The van der Waals surface area contributed by atoms with Crippen LogP contribution in [0.3, 0.4) is 0 Å². The summed E-state index contributed by atoms with van der Waals surface area (Å²) in [5.41, 5.74) is 1.39. The molecule has 0 saturated carbocycles. The van der Waals surface area contributed by atoms with Crippen LogP contribution in [0.15, 0.2) is 46.9 Å². The van der Waals surface area contributed by atoms with Crippen molar-refractivity contribution < 1.29 is 4.79 Å². The summed E-state index contributed by atoms with van der Waals surface area (Å²) in [6.07, 6.45) is 0.860. The molecule has 0 radical (unpaired) electrons. The lowest BCUT2D eigenvalue weighted by Crippen LogP contribution is -2.33. The minimum Gasteiger partial charge on any atom is -0.309 e. The van der Waals surface area contributed by atoms with Crippen LogP contribution in [0.2, 0.25) is 5.02 Å². The molecule has 0 aliphatic carbocycles. The van der Waals surface area contributed by atoms with Gasteiger partial charge in [0.2, 0.25) is 0 Å². The Kier molecular flexibility index (Phi) is 8.06. The molecule has 1 heterocycles. The number of carbonyl (C=O) groups excluding carboxylic acids is 1. The maximum absolute atomic E-state index is 13.1. The normalized spacial score (nSPS) is 10.9. The molecule has 0 N–H and O–H groups in total. The summed E-state index contributed by atoms with van der Waals surface area (Å²) >= 11 is 11.2. The Morgan fingerprint density at radius 3 is 2.48 bits per heavy atom. The van der Waals surface area contributed by atoms with Crippen molar-refractivity contribution in [1.82, 2.24) is 9.88 Å². The number of carbonyl (C=O) groups is 1. The van der Waals surface area contributed by atoms with Gasteiger partial charge < -0.3 is 4.90 Å². The molecule has 0 unspecified atom stereocenters. The molecule has 8 heteroatoms. The van der Waals surface area contributed by atoms with Crippen LogP contribution in [0.25, 0.3) is 10.2 Å². The van der Waals surface area contributed by atoms with Crippen molar-refractivity contribution in [2.75, 3.05) is 32.1 Å². The third kappa shape index (κ3) is 5.42. The second kappa shape index (κ2) is 9.85. The summed E-state index contributed by atoms with van der Waals surface area (Å²) in [5.74, 6) is -0.0496. The molecule has 27 heavy (non-hydrogen) atoms. The first kappa shape index (κ1) is 22.1. The number of thiazole rings is 1. The van der Waals surface area contributed by atoms with E-state index in [9.17, 15) is 4.79 Å². The average molecular weight is 489 g/mol. The first-order chi connectivity index (χ1) is 12.5. The fourth-order valence-electron chi connectivity index (χ4n) is 2.60. The summed E-state index contributed by atoms with van der Waals surface area (Å²) in [5, 5.41) is 1.29. The number of aromatic nitrogens is 1. The van der Waals surface area contributed by atoms with Crippen LogP contribution in [0.1, 0.15) is 16.8 Å². The number of fused-ring (bicyclic) bond motifs is 1. The molecular formula is C19H20BrCl2N3OS. The molecule has 0 atom stereocenters. The Morgan fingerprint density at radius 1 is 1.15 bits per heavy atom. The van der Waals surface area contributed by atoms with E-state index in [-0.39, 0.29) is 18.3 Å².